The van der Waals surface area contributed by atoms with Crippen molar-refractivity contribution in [2.45, 2.75) is 25.3 Å². The van der Waals surface area contributed by atoms with Crippen LogP contribution >= 0.6 is 12.4 Å². The van der Waals surface area contributed by atoms with Crippen LogP contribution in [0.5, 0.6) is 0 Å². The van der Waals surface area contributed by atoms with Crippen LogP contribution in [0.4, 0.5) is 4.39 Å². The van der Waals surface area contributed by atoms with E-state index in [4.69, 9.17) is 0 Å². The number of hydrogen-bond donors (Lipinski definition) is 1. The molecular weight excluding hydrogens is 267 g/mol. The van der Waals surface area contributed by atoms with Crippen LogP contribution < -0.4 is 5.32 Å². The van der Waals surface area contributed by atoms with Crippen LogP contribution in [0.15, 0.2) is 24.3 Å². The minimum Gasteiger partial charge on any atom is -0.335 e. The fourth-order valence-electron chi connectivity index (χ4n) is 2.51. The molecule has 0 aliphatic carbocycles. The summed E-state index contributed by atoms with van der Waals surface area (Å²) >= 11 is 0. The van der Waals surface area contributed by atoms with Gasteiger partial charge in [0.15, 0.2) is 0 Å². The number of benzene rings is 1. The maximum Gasteiger partial charge on any atom is 0.237 e. The van der Waals surface area contributed by atoms with Crippen LogP contribution in [-0.4, -0.2) is 30.9 Å². The van der Waals surface area contributed by atoms with E-state index in [0.29, 0.717) is 6.54 Å². The molecule has 1 aliphatic heterocycles. The molecule has 2 rings (SSSR count). The van der Waals surface area contributed by atoms with Crippen molar-refractivity contribution in [2.24, 2.45) is 0 Å². The van der Waals surface area contributed by atoms with Gasteiger partial charge in [0.25, 0.3) is 0 Å². The molecule has 19 heavy (non-hydrogen) atoms. The molecule has 0 saturated carbocycles. The van der Waals surface area contributed by atoms with Crippen molar-refractivity contribution in [3.63, 3.8) is 0 Å². The van der Waals surface area contributed by atoms with Gasteiger partial charge < -0.3 is 10.2 Å². The summed E-state index contributed by atoms with van der Waals surface area (Å²) in [4.78, 5) is 13.9. The number of hydrogen-bond acceptors (Lipinski definition) is 2. The van der Waals surface area contributed by atoms with Gasteiger partial charge in [-0.2, -0.15) is 0 Å². The summed E-state index contributed by atoms with van der Waals surface area (Å²) in [6.45, 7) is 1.15. The zero-order chi connectivity index (χ0) is 13.0. The van der Waals surface area contributed by atoms with E-state index >= 15 is 0 Å². The Morgan fingerprint density at radius 1 is 1.37 bits per heavy atom. The molecule has 1 saturated heterocycles. The molecule has 1 heterocycles. The van der Waals surface area contributed by atoms with E-state index in [1.54, 1.807) is 19.2 Å². The number of halogens is 2. The van der Waals surface area contributed by atoms with Crippen LogP contribution in [-0.2, 0) is 4.79 Å². The lowest BCUT2D eigenvalue weighted by Gasteiger charge is -2.36. The maximum absolute atomic E-state index is 12.9. The quantitative estimate of drug-likeness (QED) is 0.926. The van der Waals surface area contributed by atoms with Crippen molar-refractivity contribution in [1.82, 2.24) is 10.2 Å². The third-order valence-electron chi connectivity index (χ3n) is 3.41. The fraction of sp³-hybridized carbons (Fsp3) is 0.500. The topological polar surface area (TPSA) is 32.3 Å². The van der Waals surface area contributed by atoms with Gasteiger partial charge in [0, 0.05) is 6.54 Å². The Kier molecular flexibility index (Phi) is 6.25. The number of nitrogens with one attached hydrogen (secondary N) is 1. The Morgan fingerprint density at radius 3 is 2.68 bits per heavy atom. The van der Waals surface area contributed by atoms with Crippen molar-refractivity contribution in [2.75, 3.05) is 20.1 Å². The SMILES string of the molecule is CNCC(=O)N1CCCCC1c1ccc(F)cc1.Cl. The summed E-state index contributed by atoms with van der Waals surface area (Å²) in [5.41, 5.74) is 1.03. The Morgan fingerprint density at radius 2 is 2.05 bits per heavy atom. The van der Waals surface area contributed by atoms with E-state index in [0.717, 1.165) is 31.4 Å². The molecule has 1 amide bonds. The van der Waals surface area contributed by atoms with Gasteiger partial charge in [-0.15, -0.1) is 12.4 Å². The number of nitrogens with zero attached hydrogens (tertiary/aromatic N) is 1. The van der Waals surface area contributed by atoms with Crippen molar-refractivity contribution < 1.29 is 9.18 Å². The molecule has 5 heteroatoms. The summed E-state index contributed by atoms with van der Waals surface area (Å²) in [5, 5.41) is 2.89. The average molecular weight is 287 g/mol. The summed E-state index contributed by atoms with van der Waals surface area (Å²) in [6, 6.07) is 6.59. The van der Waals surface area contributed by atoms with Crippen LogP contribution in [0.2, 0.25) is 0 Å². The van der Waals surface area contributed by atoms with Crippen LogP contribution in [0.3, 0.4) is 0 Å². The predicted molar refractivity (Wildman–Crippen MR) is 75.9 cm³/mol. The smallest absolute Gasteiger partial charge is 0.237 e. The van der Waals surface area contributed by atoms with E-state index in [1.165, 1.54) is 12.1 Å². The van der Waals surface area contributed by atoms with E-state index in [1.807, 2.05) is 4.90 Å². The van der Waals surface area contributed by atoms with Gasteiger partial charge in [-0.1, -0.05) is 12.1 Å². The van der Waals surface area contributed by atoms with E-state index in [2.05, 4.69) is 5.32 Å². The highest BCUT2D eigenvalue weighted by atomic mass is 35.5. The molecule has 0 spiro atoms. The highest BCUT2D eigenvalue weighted by Gasteiger charge is 2.27. The molecule has 1 aromatic rings. The average Bonchev–Trinajstić information content (AvgIpc) is 2.40. The number of likely N-dealkylation sites (N-methyl/N-ethyl adjacent to an activating group) is 1. The largest absolute Gasteiger partial charge is 0.335 e. The Hall–Kier alpha value is -1.13. The van der Waals surface area contributed by atoms with Gasteiger partial charge in [0.1, 0.15) is 5.82 Å². The number of carbonyl (C=O) groups is 1. The zero-order valence-corrected chi connectivity index (χ0v) is 11.9. The number of rotatable bonds is 3. The molecule has 0 bridgehead atoms. The molecule has 1 atom stereocenters. The van der Waals surface area contributed by atoms with Crippen molar-refractivity contribution in [1.29, 1.82) is 0 Å². The summed E-state index contributed by atoms with van der Waals surface area (Å²) in [5.74, 6) is -0.116. The highest BCUT2D eigenvalue weighted by Crippen LogP contribution is 2.30. The van der Waals surface area contributed by atoms with Crippen molar-refractivity contribution >= 4 is 18.3 Å². The number of amides is 1. The first-order valence-corrected chi connectivity index (χ1v) is 6.42. The Labute approximate surface area is 119 Å². The van der Waals surface area contributed by atoms with E-state index in [-0.39, 0.29) is 30.2 Å². The second kappa shape index (κ2) is 7.46. The number of likely N-dealkylation sites (tertiary alicyclic amines) is 1. The molecule has 1 aromatic carbocycles. The summed E-state index contributed by atoms with van der Waals surface area (Å²) < 4.78 is 12.9. The van der Waals surface area contributed by atoms with Crippen LogP contribution in [0, 0.1) is 5.82 Å². The number of piperidine rings is 1. The predicted octanol–water partition coefficient (Wildman–Crippen LogP) is 2.52. The lowest BCUT2D eigenvalue weighted by molar-refractivity contribution is -0.134. The van der Waals surface area contributed by atoms with Gasteiger partial charge in [0.2, 0.25) is 5.91 Å². The molecule has 1 unspecified atom stereocenters. The first kappa shape index (κ1) is 15.9. The fourth-order valence-corrected chi connectivity index (χ4v) is 2.51. The molecule has 1 N–H and O–H groups in total. The molecular formula is C14H20ClFN2O. The van der Waals surface area contributed by atoms with Crippen molar-refractivity contribution in [3.05, 3.63) is 35.6 Å². The third-order valence-corrected chi connectivity index (χ3v) is 3.41. The van der Waals surface area contributed by atoms with Gasteiger partial charge in [-0.3, -0.25) is 4.79 Å². The molecule has 106 valence electrons. The lowest BCUT2D eigenvalue weighted by atomic mass is 9.95. The van der Waals surface area contributed by atoms with E-state index in [9.17, 15) is 9.18 Å². The summed E-state index contributed by atoms with van der Waals surface area (Å²) in [6.07, 6.45) is 3.12. The highest BCUT2D eigenvalue weighted by molar-refractivity contribution is 5.85. The van der Waals surface area contributed by atoms with Crippen molar-refractivity contribution in [3.8, 4) is 0 Å². The minimum absolute atomic E-state index is 0. The monoisotopic (exact) mass is 286 g/mol. The zero-order valence-electron chi connectivity index (χ0n) is 11.1. The Bertz CT molecular complexity index is 410. The normalized spacial score (nSPS) is 18.8. The van der Waals surface area contributed by atoms with E-state index < -0.39 is 0 Å². The van der Waals surface area contributed by atoms with Gasteiger partial charge >= 0.3 is 0 Å². The standard InChI is InChI=1S/C14H19FN2O.ClH/c1-16-10-14(18)17-9-3-2-4-13(17)11-5-7-12(15)8-6-11;/h5-8,13,16H,2-4,9-10H2,1H3;1H. The second-order valence-electron chi connectivity index (χ2n) is 4.68. The lowest BCUT2D eigenvalue weighted by Crippen LogP contribution is -2.42. The van der Waals surface area contributed by atoms with Gasteiger partial charge in [-0.05, 0) is 44.0 Å². The molecule has 1 aliphatic rings. The number of carbonyl (C=O) groups excluding carboxylic acids is 1. The first-order chi connectivity index (χ1) is 8.72. The van der Waals surface area contributed by atoms with Gasteiger partial charge in [0.05, 0.1) is 12.6 Å². The minimum atomic E-state index is -0.234. The Balaban J connectivity index is 0.00000180. The first-order valence-electron chi connectivity index (χ1n) is 6.42. The second-order valence-corrected chi connectivity index (χ2v) is 4.68. The van der Waals surface area contributed by atoms with Crippen LogP contribution in [0.25, 0.3) is 0 Å². The third kappa shape index (κ3) is 3.91. The summed E-state index contributed by atoms with van der Waals surface area (Å²) in [7, 11) is 1.77. The maximum atomic E-state index is 12.9. The molecule has 3 nitrogen and oxygen atoms in total. The molecule has 0 aromatic heterocycles. The molecule has 0 radical (unpaired) electrons. The van der Waals surface area contributed by atoms with Crippen LogP contribution in [0.1, 0.15) is 30.9 Å². The van der Waals surface area contributed by atoms with Gasteiger partial charge in [-0.25, -0.2) is 4.39 Å². The molecule has 1 fully saturated rings.